The van der Waals surface area contributed by atoms with Gasteiger partial charge in [-0.15, -0.1) is 0 Å². The molecule has 29 heavy (non-hydrogen) atoms. The molecule has 2 saturated heterocycles. The highest BCUT2D eigenvalue weighted by atomic mass is 35.5. The first-order chi connectivity index (χ1) is 14.1. The fourth-order valence-electron chi connectivity index (χ4n) is 4.11. The molecule has 2 heterocycles. The van der Waals surface area contributed by atoms with E-state index in [2.05, 4.69) is 4.90 Å². The highest BCUT2D eigenvalue weighted by Gasteiger charge is 2.46. The van der Waals surface area contributed by atoms with Crippen molar-refractivity contribution < 1.29 is 14.7 Å². The van der Waals surface area contributed by atoms with Gasteiger partial charge in [0.25, 0.3) is 11.7 Å². The van der Waals surface area contributed by atoms with Crippen LogP contribution in [0.2, 0.25) is 5.02 Å². The van der Waals surface area contributed by atoms with Gasteiger partial charge in [0, 0.05) is 23.7 Å². The molecule has 0 radical (unpaired) electrons. The monoisotopic (exact) mass is 410 g/mol. The first-order valence-electron chi connectivity index (χ1n) is 9.88. The van der Waals surface area contributed by atoms with E-state index in [1.165, 1.54) is 0 Å². The van der Waals surface area contributed by atoms with E-state index in [1.807, 2.05) is 6.07 Å². The van der Waals surface area contributed by atoms with Gasteiger partial charge in [0.2, 0.25) is 0 Å². The molecular formula is C23H23ClN2O3. The number of benzene rings is 2. The summed E-state index contributed by atoms with van der Waals surface area (Å²) in [5.74, 6) is -1.36. The average molecular weight is 411 g/mol. The molecule has 0 aromatic heterocycles. The van der Waals surface area contributed by atoms with E-state index in [0.29, 0.717) is 23.7 Å². The standard InChI is InChI=1S/C23H23ClN2O3/c24-18-10-8-16(9-11-18)20-19(21(27)17-6-2-1-3-7-17)22(28)23(29)26(20)15-14-25-12-4-5-13-25/h1-3,6-11,20,27H,4-5,12-15H2/b21-19+. The Bertz CT molecular complexity index is 934. The summed E-state index contributed by atoms with van der Waals surface area (Å²) >= 11 is 6.04. The summed E-state index contributed by atoms with van der Waals surface area (Å²) in [4.78, 5) is 29.7. The zero-order valence-corrected chi connectivity index (χ0v) is 16.8. The summed E-state index contributed by atoms with van der Waals surface area (Å²) in [5.41, 5.74) is 1.40. The average Bonchev–Trinajstić information content (AvgIpc) is 3.35. The smallest absolute Gasteiger partial charge is 0.295 e. The zero-order valence-electron chi connectivity index (χ0n) is 16.1. The number of halogens is 1. The SMILES string of the molecule is O=C1C(=O)N(CCN2CCCC2)C(c2ccc(Cl)cc2)/C1=C(\O)c1ccccc1. The lowest BCUT2D eigenvalue weighted by Crippen LogP contribution is -2.37. The van der Waals surface area contributed by atoms with Crippen LogP contribution in [-0.2, 0) is 9.59 Å². The number of carbonyl (C=O) groups excluding carboxylic acids is 2. The third-order valence-corrected chi connectivity index (χ3v) is 5.88. The minimum absolute atomic E-state index is 0.130. The third kappa shape index (κ3) is 3.93. The molecule has 1 N–H and O–H groups in total. The van der Waals surface area contributed by atoms with Gasteiger partial charge in [0.05, 0.1) is 11.6 Å². The fourth-order valence-corrected chi connectivity index (χ4v) is 4.24. The number of amides is 1. The van der Waals surface area contributed by atoms with E-state index < -0.39 is 17.7 Å². The predicted molar refractivity (Wildman–Crippen MR) is 113 cm³/mol. The van der Waals surface area contributed by atoms with Gasteiger partial charge in [-0.25, -0.2) is 0 Å². The normalized spacial score (nSPS) is 21.8. The number of hydrogen-bond acceptors (Lipinski definition) is 4. The Labute approximate surface area is 175 Å². The van der Waals surface area contributed by atoms with Crippen molar-refractivity contribution in [3.63, 3.8) is 0 Å². The molecular weight excluding hydrogens is 388 g/mol. The van der Waals surface area contributed by atoms with Crippen LogP contribution in [0, 0.1) is 0 Å². The Morgan fingerprint density at radius 1 is 0.966 bits per heavy atom. The maximum atomic E-state index is 12.9. The molecule has 0 bridgehead atoms. The van der Waals surface area contributed by atoms with Crippen LogP contribution in [0.1, 0.15) is 30.0 Å². The summed E-state index contributed by atoms with van der Waals surface area (Å²) in [5, 5.41) is 11.5. The number of nitrogens with zero attached hydrogens (tertiary/aromatic N) is 2. The van der Waals surface area contributed by atoms with Crippen LogP contribution in [0.25, 0.3) is 5.76 Å². The van der Waals surface area contributed by atoms with E-state index in [0.717, 1.165) is 31.5 Å². The topological polar surface area (TPSA) is 60.9 Å². The van der Waals surface area contributed by atoms with Crippen LogP contribution in [0.4, 0.5) is 0 Å². The molecule has 0 aliphatic carbocycles. The van der Waals surface area contributed by atoms with Crippen LogP contribution in [0.3, 0.4) is 0 Å². The first kappa shape index (κ1) is 19.7. The van der Waals surface area contributed by atoms with Gasteiger partial charge < -0.3 is 14.9 Å². The molecule has 2 aliphatic rings. The van der Waals surface area contributed by atoms with Gasteiger partial charge in [-0.1, -0.05) is 54.1 Å². The number of rotatable bonds is 5. The van der Waals surface area contributed by atoms with Gasteiger partial charge in [0.1, 0.15) is 5.76 Å². The second-order valence-electron chi connectivity index (χ2n) is 7.46. The van der Waals surface area contributed by atoms with E-state index in [4.69, 9.17) is 11.6 Å². The third-order valence-electron chi connectivity index (χ3n) is 5.63. The largest absolute Gasteiger partial charge is 0.507 e. The Balaban J connectivity index is 1.75. The minimum atomic E-state index is -0.646. The predicted octanol–water partition coefficient (Wildman–Crippen LogP) is 3.86. The zero-order chi connectivity index (χ0) is 20.4. The van der Waals surface area contributed by atoms with E-state index in [1.54, 1.807) is 53.4 Å². The molecule has 1 amide bonds. The van der Waals surface area contributed by atoms with Gasteiger partial charge in [-0.2, -0.15) is 0 Å². The van der Waals surface area contributed by atoms with Crippen molar-refractivity contribution in [1.82, 2.24) is 9.80 Å². The van der Waals surface area contributed by atoms with Crippen LogP contribution in [0.15, 0.2) is 60.2 Å². The summed E-state index contributed by atoms with van der Waals surface area (Å²) in [6, 6.07) is 15.3. The maximum absolute atomic E-state index is 12.9. The summed E-state index contributed by atoms with van der Waals surface area (Å²) in [7, 11) is 0. The molecule has 1 unspecified atom stereocenters. The van der Waals surface area contributed by atoms with Crippen LogP contribution in [-0.4, -0.2) is 52.8 Å². The molecule has 2 aliphatic heterocycles. The Morgan fingerprint density at radius 3 is 2.28 bits per heavy atom. The Morgan fingerprint density at radius 2 is 1.62 bits per heavy atom. The quantitative estimate of drug-likeness (QED) is 0.462. The number of carbonyl (C=O) groups is 2. The number of hydrogen-bond donors (Lipinski definition) is 1. The molecule has 2 aromatic rings. The van der Waals surface area contributed by atoms with E-state index >= 15 is 0 Å². The second-order valence-corrected chi connectivity index (χ2v) is 7.90. The summed E-state index contributed by atoms with van der Waals surface area (Å²) in [6.07, 6.45) is 2.32. The highest BCUT2D eigenvalue weighted by Crippen LogP contribution is 2.39. The van der Waals surface area contributed by atoms with Crippen molar-refractivity contribution >= 4 is 29.1 Å². The molecule has 4 rings (SSSR count). The van der Waals surface area contributed by atoms with Crippen molar-refractivity contribution in [2.75, 3.05) is 26.2 Å². The van der Waals surface area contributed by atoms with Gasteiger partial charge in [-0.05, 0) is 43.6 Å². The van der Waals surface area contributed by atoms with Gasteiger partial charge in [-0.3, -0.25) is 9.59 Å². The summed E-state index contributed by atoms with van der Waals surface area (Å²) in [6.45, 7) is 3.17. The molecule has 2 aromatic carbocycles. The number of likely N-dealkylation sites (tertiary alicyclic amines) is 2. The lowest BCUT2D eigenvalue weighted by atomic mass is 9.95. The number of Topliss-reactive ketones (excluding diaryl/α,β-unsaturated/α-hetero) is 1. The van der Waals surface area contributed by atoms with Crippen molar-refractivity contribution in [2.45, 2.75) is 18.9 Å². The lowest BCUT2D eigenvalue weighted by molar-refractivity contribution is -0.140. The fraction of sp³-hybridized carbons (Fsp3) is 0.304. The molecule has 150 valence electrons. The molecule has 2 fully saturated rings. The number of ketones is 1. The van der Waals surface area contributed by atoms with Crippen molar-refractivity contribution in [2.24, 2.45) is 0 Å². The van der Waals surface area contributed by atoms with Gasteiger partial charge in [0.15, 0.2) is 0 Å². The number of aliphatic hydroxyl groups is 1. The molecule has 0 saturated carbocycles. The lowest BCUT2D eigenvalue weighted by Gasteiger charge is -2.27. The molecule has 1 atom stereocenters. The molecule has 0 spiro atoms. The second kappa shape index (κ2) is 8.39. The maximum Gasteiger partial charge on any atom is 0.295 e. The van der Waals surface area contributed by atoms with Crippen LogP contribution >= 0.6 is 11.6 Å². The minimum Gasteiger partial charge on any atom is -0.507 e. The van der Waals surface area contributed by atoms with Crippen molar-refractivity contribution in [3.8, 4) is 0 Å². The molecule has 6 heteroatoms. The van der Waals surface area contributed by atoms with Crippen molar-refractivity contribution in [3.05, 3.63) is 76.3 Å². The van der Waals surface area contributed by atoms with Crippen molar-refractivity contribution in [1.29, 1.82) is 0 Å². The molecule has 5 nitrogen and oxygen atoms in total. The highest BCUT2D eigenvalue weighted by molar-refractivity contribution is 6.46. The van der Waals surface area contributed by atoms with Gasteiger partial charge >= 0.3 is 0 Å². The summed E-state index contributed by atoms with van der Waals surface area (Å²) < 4.78 is 0. The van der Waals surface area contributed by atoms with Crippen LogP contribution in [0.5, 0.6) is 0 Å². The number of aliphatic hydroxyl groups excluding tert-OH is 1. The Kier molecular flexibility index (Phi) is 5.69. The van der Waals surface area contributed by atoms with Crippen LogP contribution < -0.4 is 0 Å². The first-order valence-corrected chi connectivity index (χ1v) is 10.3. The Hall–Kier alpha value is -2.63. The van der Waals surface area contributed by atoms with E-state index in [9.17, 15) is 14.7 Å². The van der Waals surface area contributed by atoms with E-state index in [-0.39, 0.29) is 11.3 Å².